The zero-order valence-electron chi connectivity index (χ0n) is 14.2. The van der Waals surface area contributed by atoms with Gasteiger partial charge in [-0.05, 0) is 24.1 Å². The summed E-state index contributed by atoms with van der Waals surface area (Å²) in [6, 6.07) is 5.26. The molecule has 2 aromatic rings. The van der Waals surface area contributed by atoms with Gasteiger partial charge in [-0.25, -0.2) is 10.4 Å². The minimum absolute atomic E-state index is 0.341. The Morgan fingerprint density at radius 3 is 2.81 bits per heavy atom. The van der Waals surface area contributed by atoms with Crippen LogP contribution in [0.4, 0.5) is 5.13 Å². The second-order valence-corrected chi connectivity index (χ2v) is 7.25. The summed E-state index contributed by atoms with van der Waals surface area (Å²) < 4.78 is 5.33. The summed E-state index contributed by atoms with van der Waals surface area (Å²) >= 11 is 13.4. The summed E-state index contributed by atoms with van der Waals surface area (Å²) in [5.74, 6) is -0.341. The van der Waals surface area contributed by atoms with Gasteiger partial charge in [-0.1, -0.05) is 36.2 Å². The smallest absolute Gasteiger partial charge is 0.290 e. The van der Waals surface area contributed by atoms with Crippen LogP contribution in [0.1, 0.15) is 29.4 Å². The van der Waals surface area contributed by atoms with E-state index in [1.54, 1.807) is 17.5 Å². The van der Waals surface area contributed by atoms with Gasteiger partial charge in [-0.3, -0.25) is 4.79 Å². The number of benzene rings is 1. The van der Waals surface area contributed by atoms with Crippen molar-refractivity contribution in [3.8, 4) is 0 Å². The standard InChI is InChI=1S/C17H18Cl2N4O2S/c1-2-14(11-3-4-12(18)13(19)9-11)21-22-16(24)15-10-26-17(20-15)23-5-7-25-8-6-23/h3-4,9-10H,2,5-8H2,1H3,(H,22,24)/b21-14+. The highest BCUT2D eigenvalue weighted by molar-refractivity contribution is 7.13. The minimum Gasteiger partial charge on any atom is -0.378 e. The number of thiazole rings is 1. The van der Waals surface area contributed by atoms with E-state index >= 15 is 0 Å². The van der Waals surface area contributed by atoms with Crippen LogP contribution in [-0.2, 0) is 4.74 Å². The number of amides is 1. The van der Waals surface area contributed by atoms with Crippen LogP contribution in [0.2, 0.25) is 10.0 Å². The van der Waals surface area contributed by atoms with Crippen LogP contribution in [-0.4, -0.2) is 42.9 Å². The first kappa shape index (κ1) is 19.1. The molecule has 1 aliphatic heterocycles. The van der Waals surface area contributed by atoms with Crippen LogP contribution in [0.3, 0.4) is 0 Å². The topological polar surface area (TPSA) is 66.8 Å². The van der Waals surface area contributed by atoms with Crippen LogP contribution in [0.15, 0.2) is 28.7 Å². The zero-order valence-corrected chi connectivity index (χ0v) is 16.5. The number of halogens is 2. The van der Waals surface area contributed by atoms with E-state index in [4.69, 9.17) is 27.9 Å². The summed E-state index contributed by atoms with van der Waals surface area (Å²) in [6.45, 7) is 4.87. The van der Waals surface area contributed by atoms with Gasteiger partial charge < -0.3 is 9.64 Å². The summed E-state index contributed by atoms with van der Waals surface area (Å²) in [7, 11) is 0. The second-order valence-electron chi connectivity index (χ2n) is 5.60. The van der Waals surface area contributed by atoms with Gasteiger partial charge in [-0.2, -0.15) is 5.10 Å². The number of carbonyl (C=O) groups is 1. The molecule has 1 N–H and O–H groups in total. The lowest BCUT2D eigenvalue weighted by atomic mass is 10.1. The highest BCUT2D eigenvalue weighted by Crippen LogP contribution is 2.24. The van der Waals surface area contributed by atoms with Crippen LogP contribution in [0.25, 0.3) is 0 Å². The third-order valence-corrected chi connectivity index (χ3v) is 5.53. The Morgan fingerprint density at radius 2 is 2.12 bits per heavy atom. The van der Waals surface area contributed by atoms with Crippen molar-refractivity contribution < 1.29 is 9.53 Å². The third-order valence-electron chi connectivity index (χ3n) is 3.89. The van der Waals surface area contributed by atoms with Crippen molar-refractivity contribution in [1.29, 1.82) is 0 Å². The van der Waals surface area contributed by atoms with Crippen LogP contribution >= 0.6 is 34.5 Å². The lowest BCUT2D eigenvalue weighted by Crippen LogP contribution is -2.36. The summed E-state index contributed by atoms with van der Waals surface area (Å²) in [5, 5.41) is 7.72. The molecular weight excluding hydrogens is 395 g/mol. The fraction of sp³-hybridized carbons (Fsp3) is 0.353. The van der Waals surface area contributed by atoms with E-state index < -0.39 is 0 Å². The maximum absolute atomic E-state index is 12.3. The number of hydrogen-bond donors (Lipinski definition) is 1. The predicted octanol–water partition coefficient (Wildman–Crippen LogP) is 3.83. The number of carbonyl (C=O) groups excluding carboxylic acids is 1. The Labute approximate surface area is 165 Å². The molecule has 0 unspecified atom stereocenters. The summed E-state index contributed by atoms with van der Waals surface area (Å²) in [4.78, 5) is 18.9. The average Bonchev–Trinajstić information content (AvgIpc) is 3.16. The lowest BCUT2D eigenvalue weighted by molar-refractivity contribution is 0.0950. The van der Waals surface area contributed by atoms with Crippen molar-refractivity contribution in [2.75, 3.05) is 31.2 Å². The first-order valence-electron chi connectivity index (χ1n) is 8.19. The SMILES string of the molecule is CC/C(=N\NC(=O)c1csc(N2CCOCC2)n1)c1ccc(Cl)c(Cl)c1. The highest BCUT2D eigenvalue weighted by Gasteiger charge is 2.17. The van der Waals surface area contributed by atoms with E-state index in [2.05, 4.69) is 20.4 Å². The monoisotopic (exact) mass is 412 g/mol. The van der Waals surface area contributed by atoms with Gasteiger partial charge in [-0.15, -0.1) is 11.3 Å². The lowest BCUT2D eigenvalue weighted by Gasteiger charge is -2.25. The molecule has 0 saturated carbocycles. The molecule has 1 amide bonds. The molecule has 1 aliphatic rings. The molecule has 1 fully saturated rings. The van der Waals surface area contributed by atoms with Gasteiger partial charge in [0.15, 0.2) is 5.13 Å². The molecule has 1 saturated heterocycles. The first-order valence-corrected chi connectivity index (χ1v) is 9.82. The summed E-state index contributed by atoms with van der Waals surface area (Å²) in [6.07, 6.45) is 0.633. The Balaban J connectivity index is 1.69. The molecule has 0 spiro atoms. The van der Waals surface area contributed by atoms with Gasteiger partial charge in [0, 0.05) is 18.5 Å². The molecule has 138 valence electrons. The Hall–Kier alpha value is -1.67. The number of aromatic nitrogens is 1. The number of anilines is 1. The van der Waals surface area contributed by atoms with E-state index in [0.29, 0.717) is 41.1 Å². The summed E-state index contributed by atoms with van der Waals surface area (Å²) in [5.41, 5.74) is 4.45. The van der Waals surface area contributed by atoms with Crippen molar-refractivity contribution in [2.45, 2.75) is 13.3 Å². The molecule has 0 aliphatic carbocycles. The Kier molecular flexibility index (Phi) is 6.48. The van der Waals surface area contributed by atoms with Gasteiger partial charge in [0.05, 0.1) is 29.0 Å². The second kappa shape index (κ2) is 8.81. The van der Waals surface area contributed by atoms with Gasteiger partial charge in [0.2, 0.25) is 0 Å². The number of morpholine rings is 1. The van der Waals surface area contributed by atoms with E-state index in [9.17, 15) is 4.79 Å². The number of rotatable bonds is 5. The average molecular weight is 413 g/mol. The fourth-order valence-electron chi connectivity index (χ4n) is 2.47. The number of hydrogen-bond acceptors (Lipinski definition) is 6. The molecule has 1 aromatic heterocycles. The van der Waals surface area contributed by atoms with Gasteiger partial charge in [0.25, 0.3) is 5.91 Å². The molecule has 2 heterocycles. The van der Waals surface area contributed by atoms with Crippen LogP contribution in [0, 0.1) is 0 Å². The van der Waals surface area contributed by atoms with Crippen molar-refractivity contribution in [3.63, 3.8) is 0 Å². The quantitative estimate of drug-likeness (QED) is 0.598. The van der Waals surface area contributed by atoms with Crippen molar-refractivity contribution >= 4 is 51.3 Å². The predicted molar refractivity (Wildman–Crippen MR) is 106 cm³/mol. The normalized spacial score (nSPS) is 15.2. The zero-order chi connectivity index (χ0) is 18.5. The molecule has 6 nitrogen and oxygen atoms in total. The number of ether oxygens (including phenoxy) is 1. The molecule has 1 aromatic carbocycles. The maximum atomic E-state index is 12.3. The first-order chi connectivity index (χ1) is 12.6. The number of nitrogens with zero attached hydrogens (tertiary/aromatic N) is 3. The third kappa shape index (κ3) is 4.54. The maximum Gasteiger partial charge on any atom is 0.290 e. The highest BCUT2D eigenvalue weighted by atomic mass is 35.5. The molecule has 9 heteroatoms. The molecular formula is C17H18Cl2N4O2S. The minimum atomic E-state index is -0.341. The van der Waals surface area contributed by atoms with Crippen LogP contribution < -0.4 is 10.3 Å². The molecule has 3 rings (SSSR count). The largest absolute Gasteiger partial charge is 0.378 e. The molecule has 26 heavy (non-hydrogen) atoms. The number of hydrazone groups is 1. The van der Waals surface area contributed by atoms with Crippen molar-refractivity contribution in [3.05, 3.63) is 44.9 Å². The van der Waals surface area contributed by atoms with E-state index in [1.807, 2.05) is 13.0 Å². The Bertz CT molecular complexity index is 819. The van der Waals surface area contributed by atoms with Gasteiger partial charge >= 0.3 is 0 Å². The van der Waals surface area contributed by atoms with Crippen LogP contribution in [0.5, 0.6) is 0 Å². The van der Waals surface area contributed by atoms with E-state index in [0.717, 1.165) is 23.8 Å². The van der Waals surface area contributed by atoms with E-state index in [-0.39, 0.29) is 5.91 Å². The molecule has 0 radical (unpaired) electrons. The fourth-order valence-corrected chi connectivity index (χ4v) is 3.62. The van der Waals surface area contributed by atoms with Crippen molar-refractivity contribution in [2.24, 2.45) is 5.10 Å². The van der Waals surface area contributed by atoms with Crippen molar-refractivity contribution in [1.82, 2.24) is 10.4 Å². The molecule has 0 atom stereocenters. The Morgan fingerprint density at radius 1 is 1.35 bits per heavy atom. The molecule has 0 bridgehead atoms. The van der Waals surface area contributed by atoms with Gasteiger partial charge in [0.1, 0.15) is 5.69 Å². The number of nitrogens with one attached hydrogen (secondary N) is 1. The van der Waals surface area contributed by atoms with E-state index in [1.165, 1.54) is 11.3 Å².